The van der Waals surface area contributed by atoms with Crippen molar-refractivity contribution in [3.63, 3.8) is 0 Å². The molecule has 1 heterocycles. The Hall–Kier alpha value is -1.58. The van der Waals surface area contributed by atoms with Gasteiger partial charge in [0, 0.05) is 15.4 Å². The van der Waals surface area contributed by atoms with Gasteiger partial charge in [0.2, 0.25) is 0 Å². The molecule has 0 aliphatic carbocycles. The molecule has 20 heavy (non-hydrogen) atoms. The lowest BCUT2D eigenvalue weighted by atomic mass is 10.2. The summed E-state index contributed by atoms with van der Waals surface area (Å²) >= 11 is 9.62. The van der Waals surface area contributed by atoms with Crippen molar-refractivity contribution in [3.05, 3.63) is 69.8 Å². The SMILES string of the molecule is Clc1nc2ccccc2cc1COc1cccc(Br)c1. The summed E-state index contributed by atoms with van der Waals surface area (Å²) in [6.07, 6.45) is 0. The van der Waals surface area contributed by atoms with Gasteiger partial charge in [-0.3, -0.25) is 0 Å². The van der Waals surface area contributed by atoms with Crippen molar-refractivity contribution in [1.29, 1.82) is 0 Å². The number of rotatable bonds is 3. The van der Waals surface area contributed by atoms with E-state index in [1.807, 2.05) is 54.6 Å². The van der Waals surface area contributed by atoms with Gasteiger partial charge in [-0.25, -0.2) is 4.98 Å². The predicted molar refractivity (Wildman–Crippen MR) is 85.2 cm³/mol. The zero-order chi connectivity index (χ0) is 13.9. The molecule has 2 nitrogen and oxygen atoms in total. The lowest BCUT2D eigenvalue weighted by Gasteiger charge is -2.09. The highest BCUT2D eigenvalue weighted by Gasteiger charge is 2.06. The van der Waals surface area contributed by atoms with Gasteiger partial charge in [-0.15, -0.1) is 0 Å². The zero-order valence-electron chi connectivity index (χ0n) is 10.5. The van der Waals surface area contributed by atoms with E-state index in [0.29, 0.717) is 11.8 Å². The molecule has 0 saturated heterocycles. The average molecular weight is 349 g/mol. The molecular formula is C16H11BrClNO. The van der Waals surface area contributed by atoms with Gasteiger partial charge in [0.15, 0.2) is 0 Å². The second-order valence-corrected chi connectivity index (χ2v) is 5.65. The van der Waals surface area contributed by atoms with E-state index in [9.17, 15) is 0 Å². The molecule has 0 saturated carbocycles. The molecule has 0 amide bonds. The Labute approximate surface area is 130 Å². The van der Waals surface area contributed by atoms with Crippen LogP contribution in [0, 0.1) is 0 Å². The molecule has 0 fully saturated rings. The predicted octanol–water partition coefficient (Wildman–Crippen LogP) is 5.23. The number of hydrogen-bond acceptors (Lipinski definition) is 2. The number of para-hydroxylation sites is 1. The average Bonchev–Trinajstić information content (AvgIpc) is 2.45. The maximum atomic E-state index is 6.20. The van der Waals surface area contributed by atoms with Gasteiger partial charge < -0.3 is 4.74 Å². The van der Waals surface area contributed by atoms with Gasteiger partial charge in [-0.1, -0.05) is 51.8 Å². The molecule has 0 atom stereocenters. The number of pyridine rings is 1. The number of aromatic nitrogens is 1. The van der Waals surface area contributed by atoms with Crippen molar-refractivity contribution >= 4 is 38.4 Å². The maximum absolute atomic E-state index is 6.20. The molecule has 0 N–H and O–H groups in total. The van der Waals surface area contributed by atoms with E-state index in [1.54, 1.807) is 0 Å². The molecule has 3 rings (SSSR count). The van der Waals surface area contributed by atoms with Gasteiger partial charge in [0.05, 0.1) is 5.52 Å². The van der Waals surface area contributed by atoms with Gasteiger partial charge >= 0.3 is 0 Å². The van der Waals surface area contributed by atoms with Crippen LogP contribution in [-0.4, -0.2) is 4.98 Å². The summed E-state index contributed by atoms with van der Waals surface area (Å²) < 4.78 is 6.73. The summed E-state index contributed by atoms with van der Waals surface area (Å²) in [5.74, 6) is 0.795. The Kier molecular flexibility index (Phi) is 3.90. The number of hydrogen-bond donors (Lipinski definition) is 0. The van der Waals surface area contributed by atoms with Crippen molar-refractivity contribution in [2.24, 2.45) is 0 Å². The van der Waals surface area contributed by atoms with Gasteiger partial charge in [-0.2, -0.15) is 0 Å². The van der Waals surface area contributed by atoms with Crippen molar-refractivity contribution in [2.75, 3.05) is 0 Å². The molecule has 0 aliphatic heterocycles. The molecular weight excluding hydrogens is 338 g/mol. The van der Waals surface area contributed by atoms with E-state index < -0.39 is 0 Å². The standard InChI is InChI=1S/C16H11BrClNO/c17-13-5-3-6-14(9-13)20-10-12-8-11-4-1-2-7-15(11)19-16(12)18/h1-9H,10H2. The van der Waals surface area contributed by atoms with Crippen molar-refractivity contribution in [3.8, 4) is 5.75 Å². The molecule has 1 aromatic heterocycles. The summed E-state index contributed by atoms with van der Waals surface area (Å²) in [6, 6.07) is 17.6. The molecule has 100 valence electrons. The molecule has 0 spiro atoms. The Morgan fingerprint density at radius 1 is 1.05 bits per heavy atom. The molecule has 0 radical (unpaired) electrons. The van der Waals surface area contributed by atoms with Crippen LogP contribution in [0.15, 0.2) is 59.1 Å². The molecule has 3 aromatic rings. The number of fused-ring (bicyclic) bond motifs is 1. The lowest BCUT2D eigenvalue weighted by Crippen LogP contribution is -1.98. The monoisotopic (exact) mass is 347 g/mol. The number of ether oxygens (including phenoxy) is 1. The summed E-state index contributed by atoms with van der Waals surface area (Å²) in [6.45, 7) is 0.396. The van der Waals surface area contributed by atoms with Gasteiger partial charge in [0.1, 0.15) is 17.5 Å². The first kappa shape index (κ1) is 13.4. The summed E-state index contributed by atoms with van der Waals surface area (Å²) in [5.41, 5.74) is 1.77. The number of halogens is 2. The Morgan fingerprint density at radius 2 is 1.90 bits per heavy atom. The normalized spacial score (nSPS) is 10.7. The third-order valence-corrected chi connectivity index (χ3v) is 3.76. The van der Waals surface area contributed by atoms with Crippen LogP contribution in [0.5, 0.6) is 5.75 Å². The first-order chi connectivity index (χ1) is 9.72. The molecule has 0 aliphatic rings. The highest BCUT2D eigenvalue weighted by Crippen LogP contribution is 2.23. The highest BCUT2D eigenvalue weighted by atomic mass is 79.9. The number of nitrogens with zero attached hydrogens (tertiary/aromatic N) is 1. The van der Waals surface area contributed by atoms with E-state index in [1.165, 1.54) is 0 Å². The Balaban J connectivity index is 1.85. The van der Waals surface area contributed by atoms with Crippen LogP contribution in [0.2, 0.25) is 5.15 Å². The van der Waals surface area contributed by atoms with E-state index in [2.05, 4.69) is 20.9 Å². The minimum absolute atomic E-state index is 0.396. The van der Waals surface area contributed by atoms with Crippen LogP contribution < -0.4 is 4.74 Å². The van der Waals surface area contributed by atoms with Crippen LogP contribution in [-0.2, 0) is 6.61 Å². The first-order valence-corrected chi connectivity index (χ1v) is 7.32. The zero-order valence-corrected chi connectivity index (χ0v) is 12.9. The fourth-order valence-electron chi connectivity index (χ4n) is 1.96. The molecule has 2 aromatic carbocycles. The second kappa shape index (κ2) is 5.81. The number of benzene rings is 2. The van der Waals surface area contributed by atoms with Crippen LogP contribution in [0.25, 0.3) is 10.9 Å². The van der Waals surface area contributed by atoms with Gasteiger partial charge in [-0.05, 0) is 30.3 Å². The van der Waals surface area contributed by atoms with Crippen LogP contribution in [0.4, 0.5) is 0 Å². The highest BCUT2D eigenvalue weighted by molar-refractivity contribution is 9.10. The van der Waals surface area contributed by atoms with Gasteiger partial charge in [0.25, 0.3) is 0 Å². The lowest BCUT2D eigenvalue weighted by molar-refractivity contribution is 0.306. The molecule has 0 bridgehead atoms. The quantitative estimate of drug-likeness (QED) is 0.605. The van der Waals surface area contributed by atoms with Crippen LogP contribution in [0.1, 0.15) is 5.56 Å². The van der Waals surface area contributed by atoms with Crippen LogP contribution >= 0.6 is 27.5 Å². The molecule has 0 unspecified atom stereocenters. The largest absolute Gasteiger partial charge is 0.489 e. The summed E-state index contributed by atoms with van der Waals surface area (Å²) in [5, 5.41) is 1.54. The minimum Gasteiger partial charge on any atom is -0.489 e. The summed E-state index contributed by atoms with van der Waals surface area (Å²) in [4.78, 5) is 4.38. The smallest absolute Gasteiger partial charge is 0.136 e. The fourth-order valence-corrected chi connectivity index (χ4v) is 2.53. The Bertz CT molecular complexity index is 760. The Morgan fingerprint density at radius 3 is 2.75 bits per heavy atom. The van der Waals surface area contributed by atoms with E-state index in [-0.39, 0.29) is 0 Å². The van der Waals surface area contributed by atoms with Crippen LogP contribution in [0.3, 0.4) is 0 Å². The van der Waals surface area contributed by atoms with Crippen molar-refractivity contribution < 1.29 is 4.74 Å². The third kappa shape index (κ3) is 2.94. The topological polar surface area (TPSA) is 22.1 Å². The minimum atomic E-state index is 0.396. The van der Waals surface area contributed by atoms with Crippen molar-refractivity contribution in [1.82, 2.24) is 4.98 Å². The van der Waals surface area contributed by atoms with E-state index in [4.69, 9.17) is 16.3 Å². The maximum Gasteiger partial charge on any atom is 0.136 e. The van der Waals surface area contributed by atoms with E-state index in [0.717, 1.165) is 26.7 Å². The first-order valence-electron chi connectivity index (χ1n) is 6.15. The fraction of sp³-hybridized carbons (Fsp3) is 0.0625. The molecule has 4 heteroatoms. The van der Waals surface area contributed by atoms with Crippen molar-refractivity contribution in [2.45, 2.75) is 6.61 Å². The summed E-state index contributed by atoms with van der Waals surface area (Å²) in [7, 11) is 0. The third-order valence-electron chi connectivity index (χ3n) is 2.94. The second-order valence-electron chi connectivity index (χ2n) is 4.38. The van der Waals surface area contributed by atoms with E-state index >= 15 is 0 Å².